The maximum Gasteiger partial charge on any atom is 0.335 e. The molecule has 0 atom stereocenters. The van der Waals surface area contributed by atoms with Gasteiger partial charge in [-0.15, -0.1) is 11.6 Å². The van der Waals surface area contributed by atoms with Crippen LogP contribution in [0, 0.1) is 11.3 Å². The van der Waals surface area contributed by atoms with E-state index in [2.05, 4.69) is 0 Å². The van der Waals surface area contributed by atoms with Crippen molar-refractivity contribution in [3.8, 4) is 29.1 Å². The number of benzene rings is 2. The van der Waals surface area contributed by atoms with Crippen LogP contribution in [0.4, 0.5) is 0 Å². The van der Waals surface area contributed by atoms with E-state index in [1.807, 2.05) is 0 Å². The number of hydrogen-bond donors (Lipinski definition) is 6. The van der Waals surface area contributed by atoms with E-state index in [4.69, 9.17) is 47.5 Å². The van der Waals surface area contributed by atoms with Crippen molar-refractivity contribution in [2.75, 3.05) is 5.88 Å². The molecule has 0 unspecified atom stereocenters. The molecule has 0 heterocycles. The topological polar surface area (TPSA) is 242 Å². The van der Waals surface area contributed by atoms with Gasteiger partial charge in [-0.2, -0.15) is 5.26 Å². The number of rotatable bonds is 2. The Labute approximate surface area is 163 Å². The Hall–Kier alpha value is -3.72. The summed E-state index contributed by atoms with van der Waals surface area (Å²) >= 11 is 4.82. The number of halogens is 1. The van der Waals surface area contributed by atoms with Gasteiger partial charge in [0.05, 0.1) is 17.2 Å². The van der Waals surface area contributed by atoms with Crippen LogP contribution >= 0.6 is 11.6 Å². The van der Waals surface area contributed by atoms with E-state index in [1.165, 1.54) is 0 Å². The molecule has 28 heavy (non-hydrogen) atoms. The molecular weight excluding hydrogens is 402 g/mol. The first-order valence-electron chi connectivity index (χ1n) is 6.56. The van der Waals surface area contributed by atoms with Crippen molar-refractivity contribution in [3.63, 3.8) is 0 Å². The van der Waals surface area contributed by atoms with Crippen LogP contribution in [0.25, 0.3) is 0 Å². The van der Waals surface area contributed by atoms with Crippen LogP contribution in [0.2, 0.25) is 0 Å². The number of carboxylic acids is 2. The summed E-state index contributed by atoms with van der Waals surface area (Å²) in [6, 6.07) is 8.05. The van der Waals surface area contributed by atoms with Gasteiger partial charge in [-0.05, 0) is 24.3 Å². The molecule has 0 aliphatic rings. The number of aromatic hydroxyl groups is 4. The van der Waals surface area contributed by atoms with Crippen molar-refractivity contribution >= 4 is 23.5 Å². The highest BCUT2D eigenvalue weighted by molar-refractivity contribution is 6.19. The first-order chi connectivity index (χ1) is 12.1. The third kappa shape index (κ3) is 11.8. The number of phenols is 4. The largest absolute Gasteiger partial charge is 0.508 e. The zero-order valence-electron chi connectivity index (χ0n) is 14.0. The molecule has 0 saturated carbocycles. The minimum Gasteiger partial charge on any atom is -0.508 e. The highest BCUT2D eigenvalue weighted by Crippen LogP contribution is 2.20. The number of nitriles is 1. The van der Waals surface area contributed by atoms with E-state index in [0.717, 1.165) is 36.4 Å². The van der Waals surface area contributed by atoms with Gasteiger partial charge in [0, 0.05) is 12.1 Å². The van der Waals surface area contributed by atoms with Gasteiger partial charge >= 0.3 is 11.9 Å². The van der Waals surface area contributed by atoms with Crippen molar-refractivity contribution in [2.24, 2.45) is 0 Å². The SMILES string of the molecule is N#CCCl.O.O.O=C(O)c1cc(O)cc(O)c1.O=C(O)c1cc(O)cc(O)c1. The highest BCUT2D eigenvalue weighted by atomic mass is 35.5. The molecule has 0 aliphatic heterocycles. The van der Waals surface area contributed by atoms with Crippen molar-refractivity contribution < 1.29 is 51.2 Å². The summed E-state index contributed by atoms with van der Waals surface area (Å²) in [6.07, 6.45) is 0. The standard InChI is InChI=1S/2C7H6O4.C2H2ClN.2H2O/c2*8-5-1-4(7(10)11)2-6(9)3-5;3-1-2-4;;/h2*1-3,8-9H,(H,10,11);1H2;2*1H2. The molecule has 12 heteroatoms. The quantitative estimate of drug-likeness (QED) is 0.374. The molecule has 10 N–H and O–H groups in total. The molecule has 2 aromatic rings. The van der Waals surface area contributed by atoms with Gasteiger partial charge in [-0.1, -0.05) is 0 Å². The third-order valence-corrected chi connectivity index (χ3v) is 2.48. The smallest absolute Gasteiger partial charge is 0.335 e. The van der Waals surface area contributed by atoms with Gasteiger partial charge in [0.2, 0.25) is 0 Å². The zero-order valence-corrected chi connectivity index (χ0v) is 14.8. The second-order valence-corrected chi connectivity index (χ2v) is 4.65. The van der Waals surface area contributed by atoms with Gasteiger partial charge in [-0.3, -0.25) is 0 Å². The Balaban J connectivity index is -0.000000355. The van der Waals surface area contributed by atoms with E-state index in [9.17, 15) is 9.59 Å². The Kier molecular flexibility index (Phi) is 15.0. The highest BCUT2D eigenvalue weighted by Gasteiger charge is 2.05. The lowest BCUT2D eigenvalue weighted by atomic mass is 10.2. The molecule has 11 nitrogen and oxygen atoms in total. The summed E-state index contributed by atoms with van der Waals surface area (Å²) in [6.45, 7) is 0. The number of aromatic carboxylic acids is 2. The summed E-state index contributed by atoms with van der Waals surface area (Å²) in [5.74, 6) is -3.32. The molecule has 0 saturated heterocycles. The van der Waals surface area contributed by atoms with Crippen molar-refractivity contribution in [2.45, 2.75) is 0 Å². The molecular formula is C16H18ClNO10. The Morgan fingerprint density at radius 2 is 0.964 bits per heavy atom. The Morgan fingerprint density at radius 1 is 0.750 bits per heavy atom. The number of carbonyl (C=O) groups is 2. The van der Waals surface area contributed by atoms with Crippen LogP contribution in [-0.2, 0) is 0 Å². The molecule has 154 valence electrons. The number of hydrogen-bond acceptors (Lipinski definition) is 7. The number of alkyl halides is 1. The Morgan fingerprint density at radius 3 is 1.11 bits per heavy atom. The first kappa shape index (κ1) is 29.1. The normalized spacial score (nSPS) is 8.14. The molecule has 0 bridgehead atoms. The first-order valence-corrected chi connectivity index (χ1v) is 7.09. The van der Waals surface area contributed by atoms with Gasteiger partial charge in [0.25, 0.3) is 0 Å². The van der Waals surface area contributed by atoms with E-state index < -0.39 is 11.9 Å². The van der Waals surface area contributed by atoms with E-state index in [1.54, 1.807) is 6.07 Å². The van der Waals surface area contributed by atoms with Crippen molar-refractivity contribution in [1.82, 2.24) is 0 Å². The van der Waals surface area contributed by atoms with Crippen LogP contribution in [0.15, 0.2) is 36.4 Å². The number of carboxylic acid groups (broad SMARTS) is 2. The lowest BCUT2D eigenvalue weighted by molar-refractivity contribution is 0.0685. The third-order valence-electron chi connectivity index (χ3n) is 2.36. The molecule has 0 radical (unpaired) electrons. The minimum atomic E-state index is -1.18. The molecule has 0 aliphatic carbocycles. The molecule has 2 aromatic carbocycles. The van der Waals surface area contributed by atoms with Crippen LogP contribution in [0.1, 0.15) is 20.7 Å². The molecule has 0 aromatic heterocycles. The van der Waals surface area contributed by atoms with Gasteiger partial charge < -0.3 is 41.6 Å². The summed E-state index contributed by atoms with van der Waals surface area (Å²) < 4.78 is 0. The molecule has 0 fully saturated rings. The fraction of sp³-hybridized carbons (Fsp3) is 0.0625. The zero-order chi connectivity index (χ0) is 20.3. The maximum atomic E-state index is 10.3. The predicted octanol–water partition coefficient (Wildman–Crippen LogP) is 0.691. The van der Waals surface area contributed by atoms with Crippen LogP contribution in [-0.4, -0.2) is 59.4 Å². The van der Waals surface area contributed by atoms with Crippen molar-refractivity contribution in [3.05, 3.63) is 47.5 Å². The van der Waals surface area contributed by atoms with Crippen LogP contribution in [0.3, 0.4) is 0 Å². The van der Waals surface area contributed by atoms with Gasteiger partial charge in [0.1, 0.15) is 28.9 Å². The second kappa shape index (κ2) is 14.4. The van der Waals surface area contributed by atoms with Crippen molar-refractivity contribution in [1.29, 1.82) is 5.26 Å². The van der Waals surface area contributed by atoms with Crippen LogP contribution in [0.5, 0.6) is 23.0 Å². The molecule has 0 spiro atoms. The van der Waals surface area contributed by atoms with E-state index in [0.29, 0.717) is 0 Å². The summed E-state index contributed by atoms with van der Waals surface area (Å²) in [5, 5.41) is 59.6. The lowest BCUT2D eigenvalue weighted by Crippen LogP contribution is -1.94. The second-order valence-electron chi connectivity index (χ2n) is 4.38. The molecule has 2 rings (SSSR count). The van der Waals surface area contributed by atoms with E-state index >= 15 is 0 Å². The lowest BCUT2D eigenvalue weighted by Gasteiger charge is -1.96. The fourth-order valence-electron chi connectivity index (χ4n) is 1.44. The minimum absolute atomic E-state index is 0. The summed E-state index contributed by atoms with van der Waals surface area (Å²) in [4.78, 5) is 20.6. The van der Waals surface area contributed by atoms with Gasteiger partial charge in [0.15, 0.2) is 0 Å². The fourth-order valence-corrected chi connectivity index (χ4v) is 1.44. The van der Waals surface area contributed by atoms with Crippen LogP contribution < -0.4 is 0 Å². The monoisotopic (exact) mass is 419 g/mol. The number of nitrogens with zero attached hydrogens (tertiary/aromatic N) is 1. The Bertz CT molecular complexity index is 718. The molecule has 0 amide bonds. The average molecular weight is 420 g/mol. The predicted molar refractivity (Wildman–Crippen MR) is 97.0 cm³/mol. The average Bonchev–Trinajstić information content (AvgIpc) is 2.53. The maximum absolute atomic E-state index is 10.3. The van der Waals surface area contributed by atoms with Gasteiger partial charge in [-0.25, -0.2) is 9.59 Å². The van der Waals surface area contributed by atoms with E-state index in [-0.39, 0.29) is 51.0 Å². The summed E-state index contributed by atoms with van der Waals surface area (Å²) in [5.41, 5.74) is -0.273. The number of phenolic OH excluding ortho intramolecular Hbond substituents is 4. The summed E-state index contributed by atoms with van der Waals surface area (Å²) in [7, 11) is 0.